The van der Waals surface area contributed by atoms with E-state index < -0.39 is 11.7 Å². The van der Waals surface area contributed by atoms with Gasteiger partial charge in [0.2, 0.25) is 0 Å². The summed E-state index contributed by atoms with van der Waals surface area (Å²) in [6.07, 6.45) is -0.743. The number of hydrogen-bond acceptors (Lipinski definition) is 3. The first kappa shape index (κ1) is 10.6. The Kier molecular flexibility index (Phi) is 2.76. The number of hydrogen-bond donors (Lipinski definition) is 1. The zero-order chi connectivity index (χ0) is 10.9. The maximum absolute atomic E-state index is 9.73. The summed E-state index contributed by atoms with van der Waals surface area (Å²) in [5.74, 6) is 1.48. The average Bonchev–Trinajstić information content (AvgIpc) is 2.27. The zero-order valence-corrected chi connectivity index (χ0v) is 9.20. The molecule has 1 aliphatic heterocycles. The maximum Gasteiger partial charge on any atom is 0.167 e. The van der Waals surface area contributed by atoms with Gasteiger partial charge in [-0.05, 0) is 19.1 Å². The van der Waals surface area contributed by atoms with Crippen LogP contribution in [0.5, 0.6) is 11.5 Å². The number of benzene rings is 1. The molecule has 4 heteroatoms. The van der Waals surface area contributed by atoms with Crippen LogP contribution < -0.4 is 9.47 Å². The number of alkyl halides is 1. The van der Waals surface area contributed by atoms with E-state index in [0.29, 0.717) is 18.1 Å². The van der Waals surface area contributed by atoms with Crippen LogP contribution in [0.4, 0.5) is 0 Å². The third-order valence-corrected chi connectivity index (χ3v) is 2.85. The number of rotatable bonds is 2. The molecular weight excluding hydrogens is 216 g/mol. The molecule has 2 atom stereocenters. The minimum Gasteiger partial charge on any atom is -0.485 e. The van der Waals surface area contributed by atoms with Crippen LogP contribution >= 0.6 is 11.6 Å². The van der Waals surface area contributed by atoms with Crippen molar-refractivity contribution < 1.29 is 14.6 Å². The molecule has 0 spiro atoms. The minimum atomic E-state index is -0.768. The lowest BCUT2D eigenvalue weighted by Gasteiger charge is -2.38. The summed E-state index contributed by atoms with van der Waals surface area (Å²) in [6, 6.07) is 7.39. The molecule has 82 valence electrons. The zero-order valence-electron chi connectivity index (χ0n) is 8.44. The number of para-hydroxylation sites is 2. The lowest BCUT2D eigenvalue weighted by Crippen LogP contribution is -2.52. The molecule has 15 heavy (non-hydrogen) atoms. The van der Waals surface area contributed by atoms with E-state index in [4.69, 9.17) is 21.1 Å². The lowest BCUT2D eigenvalue weighted by atomic mass is 10.00. The van der Waals surface area contributed by atoms with Crippen molar-refractivity contribution in [1.82, 2.24) is 0 Å². The van der Waals surface area contributed by atoms with Gasteiger partial charge in [-0.25, -0.2) is 0 Å². The van der Waals surface area contributed by atoms with Gasteiger partial charge in [0.05, 0.1) is 5.88 Å². The van der Waals surface area contributed by atoms with Crippen molar-refractivity contribution >= 4 is 11.6 Å². The van der Waals surface area contributed by atoms with Crippen molar-refractivity contribution in [3.63, 3.8) is 0 Å². The van der Waals surface area contributed by atoms with Gasteiger partial charge in [0, 0.05) is 0 Å². The smallest absolute Gasteiger partial charge is 0.167 e. The van der Waals surface area contributed by atoms with Gasteiger partial charge in [0.15, 0.2) is 17.1 Å². The van der Waals surface area contributed by atoms with Crippen molar-refractivity contribution in [2.45, 2.75) is 18.6 Å². The molecule has 2 rings (SSSR count). The van der Waals surface area contributed by atoms with Crippen LogP contribution in [0.25, 0.3) is 0 Å². The Balaban J connectivity index is 2.24. The third-order valence-electron chi connectivity index (χ3n) is 2.56. The molecule has 0 amide bonds. The van der Waals surface area contributed by atoms with Crippen LogP contribution in [-0.2, 0) is 0 Å². The third kappa shape index (κ3) is 1.90. The van der Waals surface area contributed by atoms with Crippen LogP contribution in [0.1, 0.15) is 6.92 Å². The van der Waals surface area contributed by atoms with E-state index in [0.717, 1.165) is 0 Å². The van der Waals surface area contributed by atoms with Crippen molar-refractivity contribution in [3.05, 3.63) is 24.3 Å². The highest BCUT2D eigenvalue weighted by atomic mass is 35.5. The molecule has 1 heterocycles. The van der Waals surface area contributed by atoms with Crippen LogP contribution in [0.3, 0.4) is 0 Å². The van der Waals surface area contributed by atoms with Crippen molar-refractivity contribution in [3.8, 4) is 11.5 Å². The Hall–Kier alpha value is -0.930. The van der Waals surface area contributed by atoms with Gasteiger partial charge >= 0.3 is 0 Å². The van der Waals surface area contributed by atoms with Crippen LogP contribution in [0, 0.1) is 0 Å². The summed E-state index contributed by atoms with van der Waals surface area (Å²) in [5.41, 5.74) is -0.768. The molecule has 3 nitrogen and oxygen atoms in total. The number of fused-ring (bicyclic) bond motifs is 1. The molecule has 0 radical (unpaired) electrons. The van der Waals surface area contributed by atoms with Crippen LogP contribution in [-0.4, -0.2) is 29.3 Å². The second-order valence-electron chi connectivity index (χ2n) is 3.82. The normalized spacial score (nSPS) is 26.1. The highest BCUT2D eigenvalue weighted by molar-refractivity contribution is 6.18. The van der Waals surface area contributed by atoms with E-state index in [1.54, 1.807) is 6.92 Å². The SMILES string of the molecule is CC1(C(O)CCl)COc2ccccc2O1. The van der Waals surface area contributed by atoms with Crippen molar-refractivity contribution in [2.75, 3.05) is 12.5 Å². The molecule has 1 aromatic rings. The molecule has 2 unspecified atom stereocenters. The van der Waals surface area contributed by atoms with Gasteiger partial charge in [0.25, 0.3) is 0 Å². The predicted molar refractivity (Wildman–Crippen MR) is 57.7 cm³/mol. The van der Waals surface area contributed by atoms with E-state index in [2.05, 4.69) is 0 Å². The summed E-state index contributed by atoms with van der Waals surface area (Å²) >= 11 is 5.62. The number of aliphatic hydroxyl groups is 1. The highest BCUT2D eigenvalue weighted by Gasteiger charge is 2.39. The largest absolute Gasteiger partial charge is 0.485 e. The quantitative estimate of drug-likeness (QED) is 0.785. The molecule has 0 bridgehead atoms. The number of ether oxygens (including phenoxy) is 2. The molecular formula is C11H13ClO3. The number of halogens is 1. The second-order valence-corrected chi connectivity index (χ2v) is 4.13. The van der Waals surface area contributed by atoms with E-state index in [9.17, 15) is 5.11 Å². The Morgan fingerprint density at radius 3 is 2.80 bits per heavy atom. The number of aliphatic hydroxyl groups excluding tert-OH is 1. The average molecular weight is 229 g/mol. The van der Waals surface area contributed by atoms with Gasteiger partial charge in [-0.3, -0.25) is 0 Å². The molecule has 1 N–H and O–H groups in total. The Bertz CT molecular complexity index is 355. The van der Waals surface area contributed by atoms with Crippen LogP contribution in [0.2, 0.25) is 0 Å². The van der Waals surface area contributed by atoms with E-state index in [1.165, 1.54) is 0 Å². The Morgan fingerprint density at radius 1 is 1.47 bits per heavy atom. The van der Waals surface area contributed by atoms with Gasteiger partial charge in [0.1, 0.15) is 12.7 Å². The van der Waals surface area contributed by atoms with Gasteiger partial charge in [-0.1, -0.05) is 12.1 Å². The fourth-order valence-corrected chi connectivity index (χ4v) is 1.81. The molecule has 0 saturated heterocycles. The van der Waals surface area contributed by atoms with E-state index in [1.807, 2.05) is 24.3 Å². The van der Waals surface area contributed by atoms with E-state index >= 15 is 0 Å². The summed E-state index contributed by atoms with van der Waals surface area (Å²) in [6.45, 7) is 2.09. The molecule has 0 saturated carbocycles. The summed E-state index contributed by atoms with van der Waals surface area (Å²) < 4.78 is 11.2. The molecule has 0 fully saturated rings. The standard InChI is InChI=1S/C11H13ClO3/c1-11(10(13)6-12)7-14-8-4-2-3-5-9(8)15-11/h2-5,10,13H,6-7H2,1H3. The Labute approximate surface area is 93.6 Å². The highest BCUT2D eigenvalue weighted by Crippen LogP contribution is 2.36. The minimum absolute atomic E-state index is 0.127. The topological polar surface area (TPSA) is 38.7 Å². The summed E-state index contributed by atoms with van der Waals surface area (Å²) in [5, 5.41) is 9.73. The first-order valence-corrected chi connectivity index (χ1v) is 5.34. The lowest BCUT2D eigenvalue weighted by molar-refractivity contribution is -0.0746. The molecule has 1 aromatic carbocycles. The molecule has 0 aromatic heterocycles. The monoisotopic (exact) mass is 228 g/mol. The van der Waals surface area contributed by atoms with Gasteiger partial charge < -0.3 is 14.6 Å². The maximum atomic E-state index is 9.73. The molecule has 1 aliphatic rings. The van der Waals surface area contributed by atoms with Gasteiger partial charge in [-0.15, -0.1) is 11.6 Å². The summed E-state index contributed by atoms with van der Waals surface area (Å²) in [7, 11) is 0. The Morgan fingerprint density at radius 2 is 2.13 bits per heavy atom. The first-order valence-electron chi connectivity index (χ1n) is 4.80. The first-order chi connectivity index (χ1) is 7.15. The molecule has 0 aliphatic carbocycles. The second kappa shape index (κ2) is 3.91. The van der Waals surface area contributed by atoms with E-state index in [-0.39, 0.29) is 5.88 Å². The van der Waals surface area contributed by atoms with Crippen LogP contribution in [0.15, 0.2) is 24.3 Å². The predicted octanol–water partition coefficient (Wildman–Crippen LogP) is 1.82. The fraction of sp³-hybridized carbons (Fsp3) is 0.455. The summed E-state index contributed by atoms with van der Waals surface area (Å²) in [4.78, 5) is 0. The fourth-order valence-electron chi connectivity index (χ4n) is 1.48. The van der Waals surface area contributed by atoms with Crippen molar-refractivity contribution in [1.29, 1.82) is 0 Å². The van der Waals surface area contributed by atoms with Crippen molar-refractivity contribution in [2.24, 2.45) is 0 Å². The van der Waals surface area contributed by atoms with Gasteiger partial charge in [-0.2, -0.15) is 0 Å².